The first kappa shape index (κ1) is 14.1. The molecule has 0 atom stereocenters. The van der Waals surface area contributed by atoms with Crippen molar-refractivity contribution in [2.24, 2.45) is 0 Å². The molecule has 0 aliphatic rings. The fraction of sp³-hybridized carbons (Fsp3) is 0.235. The highest BCUT2D eigenvalue weighted by atomic mass is 16.5. The van der Waals surface area contributed by atoms with Crippen molar-refractivity contribution in [3.63, 3.8) is 0 Å². The average molecular weight is 269 g/mol. The van der Waals surface area contributed by atoms with E-state index in [2.05, 4.69) is 12.2 Å². The van der Waals surface area contributed by atoms with Crippen LogP contribution in [0.15, 0.2) is 48.5 Å². The topological polar surface area (TPSA) is 38.3 Å². The minimum atomic E-state index is -0.0294. The van der Waals surface area contributed by atoms with Crippen LogP contribution in [0.1, 0.15) is 28.4 Å². The summed E-state index contributed by atoms with van der Waals surface area (Å²) < 4.78 is 5.11. The van der Waals surface area contributed by atoms with Crippen LogP contribution in [0.5, 0.6) is 5.75 Å². The van der Waals surface area contributed by atoms with Gasteiger partial charge in [-0.25, -0.2) is 0 Å². The molecule has 0 bridgehead atoms. The summed E-state index contributed by atoms with van der Waals surface area (Å²) in [7, 11) is 1.64. The summed E-state index contributed by atoms with van der Waals surface area (Å²) in [6.45, 7) is 2.57. The fourth-order valence-electron chi connectivity index (χ4n) is 2.07. The number of carbonyl (C=O) groups is 1. The zero-order valence-corrected chi connectivity index (χ0v) is 11.8. The Morgan fingerprint density at radius 2 is 1.80 bits per heavy atom. The average Bonchev–Trinajstić information content (AvgIpc) is 2.53. The number of hydrogen-bond donors (Lipinski definition) is 1. The van der Waals surface area contributed by atoms with E-state index in [9.17, 15) is 4.79 Å². The first-order chi connectivity index (χ1) is 9.74. The second-order valence-corrected chi connectivity index (χ2v) is 4.54. The van der Waals surface area contributed by atoms with Gasteiger partial charge in [-0.2, -0.15) is 0 Å². The van der Waals surface area contributed by atoms with Crippen LogP contribution in [0.25, 0.3) is 0 Å². The molecule has 0 saturated carbocycles. The fourth-order valence-corrected chi connectivity index (χ4v) is 2.07. The highest BCUT2D eigenvalue weighted by Crippen LogP contribution is 2.12. The van der Waals surface area contributed by atoms with Crippen molar-refractivity contribution in [2.75, 3.05) is 7.11 Å². The summed E-state index contributed by atoms with van der Waals surface area (Å²) in [6.07, 6.45) is 0.853. The SMILES string of the molecule is CCc1ccccc1C(=O)NCc1ccc(OC)cc1. The van der Waals surface area contributed by atoms with Crippen molar-refractivity contribution >= 4 is 5.91 Å². The summed E-state index contributed by atoms with van der Waals surface area (Å²) in [5.74, 6) is 0.787. The van der Waals surface area contributed by atoms with Gasteiger partial charge in [0.1, 0.15) is 5.75 Å². The number of nitrogens with one attached hydrogen (secondary N) is 1. The van der Waals surface area contributed by atoms with Crippen LogP contribution in [0.3, 0.4) is 0 Å². The van der Waals surface area contributed by atoms with Crippen molar-refractivity contribution in [3.05, 3.63) is 65.2 Å². The largest absolute Gasteiger partial charge is 0.497 e. The second kappa shape index (κ2) is 6.75. The molecule has 0 unspecified atom stereocenters. The van der Waals surface area contributed by atoms with Gasteiger partial charge in [-0.15, -0.1) is 0 Å². The Labute approximate surface area is 119 Å². The molecule has 0 aliphatic heterocycles. The molecule has 1 amide bonds. The number of benzene rings is 2. The smallest absolute Gasteiger partial charge is 0.251 e. The van der Waals surface area contributed by atoms with Crippen molar-refractivity contribution in [2.45, 2.75) is 19.9 Å². The molecule has 2 aromatic rings. The van der Waals surface area contributed by atoms with Gasteiger partial charge in [-0.05, 0) is 35.7 Å². The van der Waals surface area contributed by atoms with Gasteiger partial charge in [0.25, 0.3) is 5.91 Å². The Bertz CT molecular complexity index is 576. The first-order valence-corrected chi connectivity index (χ1v) is 6.73. The van der Waals surface area contributed by atoms with Crippen LogP contribution in [0, 0.1) is 0 Å². The molecule has 0 spiro atoms. The van der Waals surface area contributed by atoms with Gasteiger partial charge in [-0.1, -0.05) is 37.3 Å². The highest BCUT2D eigenvalue weighted by molar-refractivity contribution is 5.95. The number of amides is 1. The number of methoxy groups -OCH3 is 1. The minimum Gasteiger partial charge on any atom is -0.497 e. The van der Waals surface area contributed by atoms with Crippen LogP contribution in [-0.2, 0) is 13.0 Å². The monoisotopic (exact) mass is 269 g/mol. The van der Waals surface area contributed by atoms with Crippen LogP contribution < -0.4 is 10.1 Å². The standard InChI is InChI=1S/C17H19NO2/c1-3-14-6-4-5-7-16(14)17(19)18-12-13-8-10-15(20-2)11-9-13/h4-11H,3,12H2,1-2H3,(H,18,19). The van der Waals surface area contributed by atoms with Gasteiger partial charge in [0.15, 0.2) is 0 Å². The third kappa shape index (κ3) is 3.38. The molecule has 2 rings (SSSR count). The van der Waals surface area contributed by atoms with Gasteiger partial charge in [0.05, 0.1) is 7.11 Å². The third-order valence-corrected chi connectivity index (χ3v) is 3.26. The van der Waals surface area contributed by atoms with Gasteiger partial charge in [0, 0.05) is 12.1 Å². The van der Waals surface area contributed by atoms with Crippen LogP contribution in [-0.4, -0.2) is 13.0 Å². The van der Waals surface area contributed by atoms with E-state index in [1.165, 1.54) is 0 Å². The molecular formula is C17H19NO2. The quantitative estimate of drug-likeness (QED) is 0.905. The first-order valence-electron chi connectivity index (χ1n) is 6.73. The predicted octanol–water partition coefficient (Wildman–Crippen LogP) is 3.19. The molecular weight excluding hydrogens is 250 g/mol. The molecule has 104 valence electrons. The van der Waals surface area contributed by atoms with Crippen molar-refractivity contribution in [3.8, 4) is 5.75 Å². The van der Waals surface area contributed by atoms with E-state index in [1.807, 2.05) is 48.5 Å². The van der Waals surface area contributed by atoms with E-state index in [0.717, 1.165) is 28.9 Å². The van der Waals surface area contributed by atoms with Crippen LogP contribution >= 0.6 is 0 Å². The number of carbonyl (C=O) groups excluding carboxylic acids is 1. The van der Waals surface area contributed by atoms with Crippen LogP contribution in [0.4, 0.5) is 0 Å². The maximum absolute atomic E-state index is 12.2. The van der Waals surface area contributed by atoms with Gasteiger partial charge in [0.2, 0.25) is 0 Å². The lowest BCUT2D eigenvalue weighted by atomic mass is 10.0. The lowest BCUT2D eigenvalue weighted by Gasteiger charge is -2.09. The van der Waals surface area contributed by atoms with Crippen molar-refractivity contribution < 1.29 is 9.53 Å². The lowest BCUT2D eigenvalue weighted by molar-refractivity contribution is 0.0950. The molecule has 0 saturated heterocycles. The molecule has 0 heterocycles. The van der Waals surface area contributed by atoms with Crippen molar-refractivity contribution in [1.82, 2.24) is 5.32 Å². The van der Waals surface area contributed by atoms with E-state index in [1.54, 1.807) is 7.11 Å². The Morgan fingerprint density at radius 3 is 2.45 bits per heavy atom. The summed E-state index contributed by atoms with van der Waals surface area (Å²) >= 11 is 0. The molecule has 3 heteroatoms. The maximum atomic E-state index is 12.2. The number of rotatable bonds is 5. The van der Waals surface area contributed by atoms with E-state index < -0.39 is 0 Å². The Kier molecular flexibility index (Phi) is 4.77. The summed E-state index contributed by atoms with van der Waals surface area (Å²) in [5.41, 5.74) is 2.87. The molecule has 3 nitrogen and oxygen atoms in total. The second-order valence-electron chi connectivity index (χ2n) is 4.54. The molecule has 0 radical (unpaired) electrons. The number of ether oxygens (including phenoxy) is 1. The van der Waals surface area contributed by atoms with E-state index in [4.69, 9.17) is 4.74 Å². The van der Waals surface area contributed by atoms with Gasteiger partial charge in [-0.3, -0.25) is 4.79 Å². The molecule has 20 heavy (non-hydrogen) atoms. The van der Waals surface area contributed by atoms with Gasteiger partial charge < -0.3 is 10.1 Å². The van der Waals surface area contributed by atoms with Crippen molar-refractivity contribution in [1.29, 1.82) is 0 Å². The van der Waals surface area contributed by atoms with E-state index in [0.29, 0.717) is 6.54 Å². The normalized spacial score (nSPS) is 10.1. The number of aryl methyl sites for hydroxylation is 1. The van der Waals surface area contributed by atoms with Crippen LogP contribution in [0.2, 0.25) is 0 Å². The van der Waals surface area contributed by atoms with E-state index >= 15 is 0 Å². The molecule has 1 N–H and O–H groups in total. The molecule has 0 aromatic heterocycles. The lowest BCUT2D eigenvalue weighted by Crippen LogP contribution is -2.23. The summed E-state index contributed by atoms with van der Waals surface area (Å²) in [5, 5.41) is 2.95. The Morgan fingerprint density at radius 1 is 1.10 bits per heavy atom. The molecule has 0 fully saturated rings. The maximum Gasteiger partial charge on any atom is 0.251 e. The third-order valence-electron chi connectivity index (χ3n) is 3.26. The van der Waals surface area contributed by atoms with E-state index in [-0.39, 0.29) is 5.91 Å². The molecule has 0 aliphatic carbocycles. The van der Waals surface area contributed by atoms with Gasteiger partial charge >= 0.3 is 0 Å². The molecule has 2 aromatic carbocycles. The summed E-state index contributed by atoms with van der Waals surface area (Å²) in [4.78, 5) is 12.2. The highest BCUT2D eigenvalue weighted by Gasteiger charge is 2.08. The summed E-state index contributed by atoms with van der Waals surface area (Å²) in [6, 6.07) is 15.4. The Hall–Kier alpha value is -2.29. The zero-order valence-electron chi connectivity index (χ0n) is 11.8. The predicted molar refractivity (Wildman–Crippen MR) is 80.0 cm³/mol. The Balaban J connectivity index is 2.01. The number of hydrogen-bond acceptors (Lipinski definition) is 2. The minimum absolute atomic E-state index is 0.0294. The zero-order chi connectivity index (χ0) is 14.4.